The van der Waals surface area contributed by atoms with Crippen LogP contribution in [0.5, 0.6) is 0 Å². The molecule has 0 spiro atoms. The second-order valence-electron chi connectivity index (χ2n) is 3.48. The number of aryl methyl sites for hydroxylation is 1. The molecule has 0 saturated heterocycles. The fraction of sp³-hybridized carbons (Fsp3) is 0.250. The van der Waals surface area contributed by atoms with E-state index in [1.807, 2.05) is 24.3 Å². The minimum atomic E-state index is 0.181. The molecule has 1 heterocycles. The average Bonchev–Trinajstić information content (AvgIpc) is 2.76. The maximum atomic E-state index is 8.72. The lowest BCUT2D eigenvalue weighted by molar-refractivity contribution is 0.288. The van der Waals surface area contributed by atoms with Gasteiger partial charge in [-0.05, 0) is 37.1 Å². The molecule has 0 amide bonds. The van der Waals surface area contributed by atoms with E-state index < -0.39 is 0 Å². The maximum Gasteiger partial charge on any atom is 0.226 e. The second kappa shape index (κ2) is 5.27. The second-order valence-corrected chi connectivity index (χ2v) is 4.39. The Morgan fingerprint density at radius 3 is 2.69 bits per heavy atom. The Morgan fingerprint density at radius 2 is 2.00 bits per heavy atom. The van der Waals surface area contributed by atoms with Crippen LogP contribution < -0.4 is 0 Å². The van der Waals surface area contributed by atoms with Crippen molar-refractivity contribution in [2.24, 2.45) is 0 Å². The standard InChI is InChI=1S/C12H12BrNO2/c13-10-5-3-9(4-6-10)12-14-11(8-16-12)2-1-7-15/h3-6,8,15H,1-2,7H2. The lowest BCUT2D eigenvalue weighted by Crippen LogP contribution is -1.89. The van der Waals surface area contributed by atoms with Gasteiger partial charge in [-0.2, -0.15) is 0 Å². The number of oxazole rings is 1. The molecule has 0 fully saturated rings. The van der Waals surface area contributed by atoms with Crippen molar-refractivity contribution in [3.05, 3.63) is 40.7 Å². The molecule has 2 rings (SSSR count). The van der Waals surface area contributed by atoms with Crippen LogP contribution in [-0.4, -0.2) is 16.7 Å². The van der Waals surface area contributed by atoms with Gasteiger partial charge >= 0.3 is 0 Å². The van der Waals surface area contributed by atoms with Crippen molar-refractivity contribution in [1.29, 1.82) is 0 Å². The zero-order valence-corrected chi connectivity index (χ0v) is 10.3. The Kier molecular flexibility index (Phi) is 3.74. The summed E-state index contributed by atoms with van der Waals surface area (Å²) in [6.07, 6.45) is 3.11. The molecule has 0 radical (unpaired) electrons. The van der Waals surface area contributed by atoms with Crippen molar-refractivity contribution in [2.45, 2.75) is 12.8 Å². The van der Waals surface area contributed by atoms with E-state index >= 15 is 0 Å². The number of aliphatic hydroxyl groups is 1. The van der Waals surface area contributed by atoms with Crippen LogP contribution in [0.4, 0.5) is 0 Å². The number of aromatic nitrogens is 1. The molecule has 0 aliphatic rings. The van der Waals surface area contributed by atoms with Crippen LogP contribution in [-0.2, 0) is 6.42 Å². The van der Waals surface area contributed by atoms with Crippen LogP contribution in [0.25, 0.3) is 11.5 Å². The molecule has 16 heavy (non-hydrogen) atoms. The van der Waals surface area contributed by atoms with Crippen molar-refractivity contribution in [3.63, 3.8) is 0 Å². The summed E-state index contributed by atoms with van der Waals surface area (Å²) < 4.78 is 6.41. The highest BCUT2D eigenvalue weighted by molar-refractivity contribution is 9.10. The molecule has 1 aromatic heterocycles. The Labute approximate surface area is 102 Å². The maximum absolute atomic E-state index is 8.72. The third-order valence-corrected chi connectivity index (χ3v) is 2.76. The Bertz CT molecular complexity index is 450. The van der Waals surface area contributed by atoms with Gasteiger partial charge in [-0.1, -0.05) is 15.9 Å². The molecule has 0 atom stereocenters. The van der Waals surface area contributed by atoms with E-state index in [1.54, 1.807) is 6.26 Å². The van der Waals surface area contributed by atoms with Gasteiger partial charge in [0, 0.05) is 16.6 Å². The quantitative estimate of drug-likeness (QED) is 0.937. The van der Waals surface area contributed by atoms with Crippen LogP contribution in [0.2, 0.25) is 0 Å². The molecule has 0 aliphatic carbocycles. The van der Waals surface area contributed by atoms with E-state index in [4.69, 9.17) is 9.52 Å². The molecule has 84 valence electrons. The van der Waals surface area contributed by atoms with Gasteiger partial charge in [-0.15, -0.1) is 0 Å². The topological polar surface area (TPSA) is 46.3 Å². The van der Waals surface area contributed by atoms with E-state index in [0.717, 1.165) is 22.2 Å². The smallest absolute Gasteiger partial charge is 0.226 e. The number of rotatable bonds is 4. The third-order valence-electron chi connectivity index (χ3n) is 2.23. The monoisotopic (exact) mass is 281 g/mol. The summed E-state index contributed by atoms with van der Waals surface area (Å²) in [6.45, 7) is 0.181. The molecule has 0 saturated carbocycles. The van der Waals surface area contributed by atoms with Gasteiger partial charge in [0.2, 0.25) is 5.89 Å². The largest absolute Gasteiger partial charge is 0.444 e. The van der Waals surface area contributed by atoms with Crippen molar-refractivity contribution < 1.29 is 9.52 Å². The zero-order chi connectivity index (χ0) is 11.4. The summed E-state index contributed by atoms with van der Waals surface area (Å²) >= 11 is 3.38. The van der Waals surface area contributed by atoms with Crippen LogP contribution in [0, 0.1) is 0 Å². The predicted molar refractivity (Wildman–Crippen MR) is 65.0 cm³/mol. The van der Waals surface area contributed by atoms with Crippen LogP contribution in [0.3, 0.4) is 0 Å². The van der Waals surface area contributed by atoms with E-state index in [1.165, 1.54) is 0 Å². The summed E-state index contributed by atoms with van der Waals surface area (Å²) in [5.74, 6) is 0.625. The van der Waals surface area contributed by atoms with Crippen molar-refractivity contribution in [2.75, 3.05) is 6.61 Å². The fourth-order valence-electron chi connectivity index (χ4n) is 1.41. The summed E-state index contributed by atoms with van der Waals surface area (Å²) in [5, 5.41) is 8.72. The summed E-state index contributed by atoms with van der Waals surface area (Å²) in [4.78, 5) is 4.35. The van der Waals surface area contributed by atoms with Gasteiger partial charge in [0.1, 0.15) is 6.26 Å². The lowest BCUT2D eigenvalue weighted by Gasteiger charge is -1.94. The van der Waals surface area contributed by atoms with Gasteiger partial charge in [0.05, 0.1) is 5.69 Å². The summed E-state index contributed by atoms with van der Waals surface area (Å²) in [5.41, 5.74) is 1.84. The number of aliphatic hydroxyl groups excluding tert-OH is 1. The fourth-order valence-corrected chi connectivity index (χ4v) is 1.67. The minimum absolute atomic E-state index is 0.181. The number of benzene rings is 1. The number of hydrogen-bond acceptors (Lipinski definition) is 3. The van der Waals surface area contributed by atoms with Crippen LogP contribution in [0.1, 0.15) is 12.1 Å². The zero-order valence-electron chi connectivity index (χ0n) is 8.69. The van der Waals surface area contributed by atoms with Gasteiger partial charge in [0.15, 0.2) is 0 Å². The molecule has 4 heteroatoms. The van der Waals surface area contributed by atoms with Gasteiger partial charge in [-0.3, -0.25) is 0 Å². The highest BCUT2D eigenvalue weighted by Gasteiger charge is 2.05. The molecular weight excluding hydrogens is 270 g/mol. The number of halogens is 1. The first-order valence-electron chi connectivity index (χ1n) is 5.11. The van der Waals surface area contributed by atoms with Crippen LogP contribution in [0.15, 0.2) is 39.4 Å². The Hall–Kier alpha value is -1.13. The molecule has 3 nitrogen and oxygen atoms in total. The van der Waals surface area contributed by atoms with Crippen molar-refractivity contribution in [3.8, 4) is 11.5 Å². The first-order chi connectivity index (χ1) is 7.79. The number of nitrogens with zero attached hydrogens (tertiary/aromatic N) is 1. The molecular formula is C12H12BrNO2. The van der Waals surface area contributed by atoms with Gasteiger partial charge in [-0.25, -0.2) is 4.98 Å². The SMILES string of the molecule is OCCCc1coc(-c2ccc(Br)cc2)n1. The highest BCUT2D eigenvalue weighted by Crippen LogP contribution is 2.21. The highest BCUT2D eigenvalue weighted by atomic mass is 79.9. The molecule has 0 aliphatic heterocycles. The summed E-state index contributed by atoms with van der Waals surface area (Å²) in [7, 11) is 0. The normalized spacial score (nSPS) is 10.6. The molecule has 0 bridgehead atoms. The molecule has 2 aromatic rings. The van der Waals surface area contributed by atoms with E-state index in [0.29, 0.717) is 12.3 Å². The van der Waals surface area contributed by atoms with Gasteiger partial charge in [0.25, 0.3) is 0 Å². The lowest BCUT2D eigenvalue weighted by atomic mass is 10.2. The average molecular weight is 282 g/mol. The number of hydrogen-bond donors (Lipinski definition) is 1. The molecule has 1 aromatic carbocycles. The molecule has 0 unspecified atom stereocenters. The van der Waals surface area contributed by atoms with E-state index in [9.17, 15) is 0 Å². The molecule has 1 N–H and O–H groups in total. The van der Waals surface area contributed by atoms with Crippen LogP contribution >= 0.6 is 15.9 Å². The third kappa shape index (κ3) is 2.71. The van der Waals surface area contributed by atoms with E-state index in [2.05, 4.69) is 20.9 Å². The van der Waals surface area contributed by atoms with Crippen molar-refractivity contribution in [1.82, 2.24) is 4.98 Å². The summed E-state index contributed by atoms with van der Waals surface area (Å²) in [6, 6.07) is 7.80. The first-order valence-corrected chi connectivity index (χ1v) is 5.90. The minimum Gasteiger partial charge on any atom is -0.444 e. The Morgan fingerprint density at radius 1 is 1.25 bits per heavy atom. The first kappa shape index (κ1) is 11.4. The van der Waals surface area contributed by atoms with Gasteiger partial charge < -0.3 is 9.52 Å². The Balaban J connectivity index is 2.15. The van der Waals surface area contributed by atoms with Crippen molar-refractivity contribution >= 4 is 15.9 Å². The predicted octanol–water partition coefficient (Wildman–Crippen LogP) is 3.03. The van der Waals surface area contributed by atoms with E-state index in [-0.39, 0.29) is 6.61 Å².